The highest BCUT2D eigenvalue weighted by molar-refractivity contribution is 5.66. The lowest BCUT2D eigenvalue weighted by atomic mass is 10.1. The number of hydrogen-bond acceptors (Lipinski definition) is 3. The molecule has 0 bridgehead atoms. The molecule has 0 N–H and O–H groups in total. The fourth-order valence-corrected chi connectivity index (χ4v) is 3.70. The van der Waals surface area contributed by atoms with E-state index < -0.39 is 0 Å². The third-order valence-corrected chi connectivity index (χ3v) is 5.55. The molecule has 0 aliphatic rings. The molecule has 2 aromatic carbocycles. The van der Waals surface area contributed by atoms with E-state index >= 15 is 0 Å². The maximum atomic E-state index is 6.29. The lowest BCUT2D eigenvalue weighted by molar-refractivity contribution is 0.129. The average Bonchev–Trinajstić information content (AvgIpc) is 2.81. The van der Waals surface area contributed by atoms with Crippen LogP contribution in [0.25, 0.3) is 0 Å². The zero-order valence-electron chi connectivity index (χ0n) is 19.9. The topological polar surface area (TPSA) is 21.7 Å². The Balaban J connectivity index is 1.93. The summed E-state index contributed by atoms with van der Waals surface area (Å²) in [5, 5.41) is 1.95. The molecule has 0 radical (unpaired) electrons. The van der Waals surface area contributed by atoms with Gasteiger partial charge in [-0.25, -0.2) is 5.06 Å². The second-order valence-corrected chi connectivity index (χ2v) is 8.31. The molecule has 3 nitrogen and oxygen atoms in total. The van der Waals surface area contributed by atoms with Crippen molar-refractivity contribution in [3.63, 3.8) is 0 Å². The third-order valence-electron chi connectivity index (χ3n) is 5.55. The smallest absolute Gasteiger partial charge is 0.145 e. The first kappa shape index (κ1) is 25.3. The van der Waals surface area contributed by atoms with Crippen LogP contribution in [0.1, 0.15) is 90.9 Å². The Hall–Kier alpha value is -2.00. The van der Waals surface area contributed by atoms with Crippen molar-refractivity contribution >= 4 is 11.4 Å². The van der Waals surface area contributed by atoms with Crippen LogP contribution in [-0.4, -0.2) is 13.2 Å². The molecule has 31 heavy (non-hydrogen) atoms. The summed E-state index contributed by atoms with van der Waals surface area (Å²) < 4.78 is 6.20. The van der Waals surface area contributed by atoms with Gasteiger partial charge in [-0.2, -0.15) is 0 Å². The van der Waals surface area contributed by atoms with Crippen LogP contribution in [0.5, 0.6) is 5.75 Å². The number of unbranched alkanes of at least 4 members (excludes halogenated alkanes) is 10. The number of rotatable bonds is 18. The van der Waals surface area contributed by atoms with Crippen molar-refractivity contribution in [2.45, 2.75) is 90.9 Å². The molecule has 0 spiro atoms. The summed E-state index contributed by atoms with van der Waals surface area (Å²) in [6.45, 7) is 5.98. The number of nitrogens with zero attached hydrogens (tertiary/aromatic N) is 1. The van der Waals surface area contributed by atoms with E-state index in [2.05, 4.69) is 56.3 Å². The van der Waals surface area contributed by atoms with Crippen molar-refractivity contribution in [2.24, 2.45) is 0 Å². The number of ether oxygens (including phenoxy) is 1. The Morgan fingerprint density at radius 1 is 0.581 bits per heavy atom. The first-order chi connectivity index (χ1) is 15.4. The van der Waals surface area contributed by atoms with Gasteiger partial charge >= 0.3 is 0 Å². The van der Waals surface area contributed by atoms with Crippen LogP contribution in [0.15, 0.2) is 54.6 Å². The zero-order chi connectivity index (χ0) is 22.0. The normalized spacial score (nSPS) is 10.9. The molecule has 0 unspecified atom stereocenters. The highest BCUT2D eigenvalue weighted by atomic mass is 16.7. The Labute approximate surface area is 190 Å². The minimum Gasteiger partial charge on any atom is -0.491 e. The molecule has 3 heteroatoms. The monoisotopic (exact) mass is 425 g/mol. The molecule has 0 fully saturated rings. The molecule has 2 aromatic rings. The minimum atomic E-state index is 0.715. The summed E-state index contributed by atoms with van der Waals surface area (Å²) >= 11 is 0. The first-order valence-electron chi connectivity index (χ1n) is 12.6. The molecule has 0 saturated carbocycles. The standard InChI is InChI=1S/C28H43NO2/c1-3-5-7-9-11-18-24-30-28-23-17-16-22-27(28)29(26-20-14-13-15-21-26)31-25-19-12-10-8-6-4-2/h13-17,20-23H,3-12,18-19,24-25H2,1-2H3. The Kier molecular flexibility index (Phi) is 13.6. The lowest BCUT2D eigenvalue weighted by Crippen LogP contribution is -2.19. The van der Waals surface area contributed by atoms with E-state index in [0.29, 0.717) is 6.61 Å². The molecule has 0 heterocycles. The van der Waals surface area contributed by atoms with Gasteiger partial charge in [0.25, 0.3) is 0 Å². The summed E-state index contributed by atoms with van der Waals surface area (Å²) in [5.41, 5.74) is 2.01. The maximum absolute atomic E-state index is 6.29. The van der Waals surface area contributed by atoms with Gasteiger partial charge in [-0.1, -0.05) is 108 Å². The van der Waals surface area contributed by atoms with Gasteiger partial charge in [0.05, 0.1) is 18.9 Å². The van der Waals surface area contributed by atoms with E-state index in [0.717, 1.165) is 36.6 Å². The van der Waals surface area contributed by atoms with Gasteiger partial charge in [-0.05, 0) is 37.1 Å². The highest BCUT2D eigenvalue weighted by Gasteiger charge is 2.15. The van der Waals surface area contributed by atoms with E-state index in [-0.39, 0.29) is 0 Å². The van der Waals surface area contributed by atoms with Gasteiger partial charge in [0.2, 0.25) is 0 Å². The SMILES string of the molecule is CCCCCCCCOc1ccccc1N(OCCCCCCCC)c1ccccc1. The largest absolute Gasteiger partial charge is 0.491 e. The van der Waals surface area contributed by atoms with E-state index in [1.807, 2.05) is 17.2 Å². The summed E-state index contributed by atoms with van der Waals surface area (Å²) in [6, 6.07) is 18.6. The van der Waals surface area contributed by atoms with E-state index in [1.165, 1.54) is 64.2 Å². The highest BCUT2D eigenvalue weighted by Crippen LogP contribution is 2.34. The second-order valence-electron chi connectivity index (χ2n) is 8.31. The van der Waals surface area contributed by atoms with Crippen molar-refractivity contribution in [1.29, 1.82) is 0 Å². The predicted octanol–water partition coefficient (Wildman–Crippen LogP) is 8.86. The quantitative estimate of drug-likeness (QED) is 0.176. The average molecular weight is 426 g/mol. The van der Waals surface area contributed by atoms with E-state index in [1.54, 1.807) is 0 Å². The molecule has 2 rings (SSSR count). The summed E-state index contributed by atoms with van der Waals surface area (Å²) in [6.07, 6.45) is 15.1. The second kappa shape index (κ2) is 16.7. The van der Waals surface area contributed by atoms with Crippen molar-refractivity contribution in [1.82, 2.24) is 0 Å². The molecular formula is C28H43NO2. The molecule has 0 amide bonds. The maximum Gasteiger partial charge on any atom is 0.145 e. The minimum absolute atomic E-state index is 0.715. The van der Waals surface area contributed by atoms with Crippen molar-refractivity contribution in [3.05, 3.63) is 54.6 Å². The Bertz CT molecular complexity index is 674. The Morgan fingerprint density at radius 3 is 1.81 bits per heavy atom. The van der Waals surface area contributed by atoms with Crippen molar-refractivity contribution in [2.75, 3.05) is 18.3 Å². The molecule has 0 saturated heterocycles. The summed E-state index contributed by atoms with van der Waals surface area (Å²) in [7, 11) is 0. The zero-order valence-corrected chi connectivity index (χ0v) is 19.9. The van der Waals surface area contributed by atoms with Gasteiger partial charge in [0.1, 0.15) is 11.4 Å². The Morgan fingerprint density at radius 2 is 1.13 bits per heavy atom. The van der Waals surface area contributed by atoms with Crippen LogP contribution in [0, 0.1) is 0 Å². The summed E-state index contributed by atoms with van der Waals surface area (Å²) in [4.78, 5) is 6.29. The van der Waals surface area contributed by atoms with Crippen LogP contribution < -0.4 is 9.80 Å². The number of hydrogen-bond donors (Lipinski definition) is 0. The van der Waals surface area contributed by atoms with Gasteiger partial charge in [-0.15, -0.1) is 0 Å². The first-order valence-corrected chi connectivity index (χ1v) is 12.6. The molecule has 0 atom stereocenters. The molecule has 0 aliphatic carbocycles. The molecule has 172 valence electrons. The molecule has 0 aliphatic heterocycles. The lowest BCUT2D eigenvalue weighted by Gasteiger charge is -2.26. The van der Waals surface area contributed by atoms with Crippen molar-refractivity contribution in [3.8, 4) is 5.75 Å². The molecular weight excluding hydrogens is 382 g/mol. The van der Waals surface area contributed by atoms with Gasteiger partial charge in [0, 0.05) is 0 Å². The van der Waals surface area contributed by atoms with Crippen LogP contribution >= 0.6 is 0 Å². The van der Waals surface area contributed by atoms with E-state index in [4.69, 9.17) is 9.57 Å². The van der Waals surface area contributed by atoms with Gasteiger partial charge in [-0.3, -0.25) is 4.84 Å². The van der Waals surface area contributed by atoms with Crippen LogP contribution in [0.2, 0.25) is 0 Å². The van der Waals surface area contributed by atoms with Crippen LogP contribution in [0.4, 0.5) is 11.4 Å². The molecule has 0 aromatic heterocycles. The fourth-order valence-electron chi connectivity index (χ4n) is 3.70. The third kappa shape index (κ3) is 10.2. The predicted molar refractivity (Wildman–Crippen MR) is 133 cm³/mol. The van der Waals surface area contributed by atoms with Gasteiger partial charge in [0.15, 0.2) is 0 Å². The van der Waals surface area contributed by atoms with Crippen LogP contribution in [0.3, 0.4) is 0 Å². The number of benzene rings is 2. The fraction of sp³-hybridized carbons (Fsp3) is 0.571. The number of para-hydroxylation sites is 3. The van der Waals surface area contributed by atoms with Crippen molar-refractivity contribution < 1.29 is 9.57 Å². The van der Waals surface area contributed by atoms with Gasteiger partial charge < -0.3 is 4.74 Å². The summed E-state index contributed by atoms with van der Waals surface area (Å²) in [5.74, 6) is 0.892. The van der Waals surface area contributed by atoms with Crippen LogP contribution in [-0.2, 0) is 4.84 Å². The number of anilines is 2. The van der Waals surface area contributed by atoms with E-state index in [9.17, 15) is 0 Å².